The standard InChI is InChI=1S/C14H26N2O4S/c1-3-14(5-6-15-11-14)13(17)16(7-8-20-2)12-4-9-21(18,19)10-12/h12,15H,3-11H2,1-2H3. The van der Waals surface area contributed by atoms with Gasteiger partial charge in [0.05, 0.1) is 23.5 Å². The quantitative estimate of drug-likeness (QED) is 0.748. The average Bonchev–Trinajstić information content (AvgIpc) is 3.06. The molecule has 0 bridgehead atoms. The highest BCUT2D eigenvalue weighted by molar-refractivity contribution is 7.91. The highest BCUT2D eigenvalue weighted by Gasteiger charge is 2.45. The van der Waals surface area contributed by atoms with Gasteiger partial charge in [-0.1, -0.05) is 6.92 Å². The fourth-order valence-electron chi connectivity index (χ4n) is 3.34. The first kappa shape index (κ1) is 16.7. The maximum absolute atomic E-state index is 13.0. The van der Waals surface area contributed by atoms with Crippen molar-refractivity contribution in [3.63, 3.8) is 0 Å². The van der Waals surface area contributed by atoms with E-state index in [9.17, 15) is 13.2 Å². The molecule has 0 radical (unpaired) electrons. The predicted octanol–water partition coefficient (Wildman–Crippen LogP) is 0.0382. The van der Waals surface area contributed by atoms with Crippen LogP contribution in [0.2, 0.25) is 0 Å². The molecule has 2 aliphatic rings. The minimum absolute atomic E-state index is 0.0918. The first-order valence-electron chi connectivity index (χ1n) is 7.65. The molecular formula is C14H26N2O4S. The van der Waals surface area contributed by atoms with Crippen molar-refractivity contribution in [3.8, 4) is 0 Å². The number of hydrogen-bond acceptors (Lipinski definition) is 5. The van der Waals surface area contributed by atoms with Crippen molar-refractivity contribution in [1.82, 2.24) is 10.2 Å². The summed E-state index contributed by atoms with van der Waals surface area (Å²) in [6.45, 7) is 4.48. The van der Waals surface area contributed by atoms with E-state index in [2.05, 4.69) is 5.32 Å². The zero-order valence-corrected chi connectivity index (χ0v) is 13.7. The molecule has 1 amide bonds. The summed E-state index contributed by atoms with van der Waals surface area (Å²) < 4.78 is 28.6. The van der Waals surface area contributed by atoms with Crippen molar-refractivity contribution < 1.29 is 17.9 Å². The largest absolute Gasteiger partial charge is 0.383 e. The molecule has 2 fully saturated rings. The summed E-state index contributed by atoms with van der Waals surface area (Å²) in [6.07, 6.45) is 2.15. The lowest BCUT2D eigenvalue weighted by atomic mass is 9.82. The van der Waals surface area contributed by atoms with Gasteiger partial charge in [0.25, 0.3) is 0 Å². The van der Waals surface area contributed by atoms with E-state index in [4.69, 9.17) is 4.74 Å². The Kier molecular flexibility index (Phi) is 5.27. The van der Waals surface area contributed by atoms with Crippen LogP contribution in [0.5, 0.6) is 0 Å². The molecular weight excluding hydrogens is 292 g/mol. The van der Waals surface area contributed by atoms with Gasteiger partial charge in [0.2, 0.25) is 5.91 Å². The van der Waals surface area contributed by atoms with Gasteiger partial charge in [-0.2, -0.15) is 0 Å². The van der Waals surface area contributed by atoms with Crippen molar-refractivity contribution in [2.45, 2.75) is 32.2 Å². The molecule has 122 valence electrons. The number of methoxy groups -OCH3 is 1. The van der Waals surface area contributed by atoms with Gasteiger partial charge in [0, 0.05) is 26.2 Å². The Morgan fingerprint density at radius 2 is 2.24 bits per heavy atom. The fourth-order valence-corrected chi connectivity index (χ4v) is 5.08. The lowest BCUT2D eigenvalue weighted by molar-refractivity contribution is -0.144. The first-order valence-corrected chi connectivity index (χ1v) is 9.47. The van der Waals surface area contributed by atoms with E-state index in [0.717, 1.165) is 19.4 Å². The van der Waals surface area contributed by atoms with Crippen LogP contribution >= 0.6 is 0 Å². The Labute approximate surface area is 127 Å². The summed E-state index contributed by atoms with van der Waals surface area (Å²) in [6, 6.07) is -0.193. The van der Waals surface area contributed by atoms with Crippen molar-refractivity contribution in [2.24, 2.45) is 5.41 Å². The summed E-state index contributed by atoms with van der Waals surface area (Å²) >= 11 is 0. The number of nitrogens with one attached hydrogen (secondary N) is 1. The molecule has 0 aliphatic carbocycles. The van der Waals surface area contributed by atoms with Gasteiger partial charge >= 0.3 is 0 Å². The molecule has 2 aliphatic heterocycles. The minimum Gasteiger partial charge on any atom is -0.383 e. The number of ether oxygens (including phenoxy) is 1. The van der Waals surface area contributed by atoms with Crippen LogP contribution in [0.4, 0.5) is 0 Å². The molecule has 2 heterocycles. The Morgan fingerprint density at radius 3 is 2.71 bits per heavy atom. The van der Waals surface area contributed by atoms with E-state index in [1.54, 1.807) is 12.0 Å². The molecule has 21 heavy (non-hydrogen) atoms. The first-order chi connectivity index (χ1) is 9.94. The van der Waals surface area contributed by atoms with Crippen LogP contribution in [-0.2, 0) is 19.4 Å². The van der Waals surface area contributed by atoms with Gasteiger partial charge in [0.15, 0.2) is 9.84 Å². The summed E-state index contributed by atoms with van der Waals surface area (Å²) in [4.78, 5) is 14.8. The van der Waals surface area contributed by atoms with Gasteiger partial charge < -0.3 is 15.0 Å². The SMILES string of the molecule is CCC1(C(=O)N(CCOC)C2CCS(=O)(=O)C2)CCNC1. The van der Waals surface area contributed by atoms with Crippen LogP contribution in [0.1, 0.15) is 26.2 Å². The zero-order chi connectivity index (χ0) is 15.5. The molecule has 2 rings (SSSR count). The number of carbonyl (C=O) groups is 1. The predicted molar refractivity (Wildman–Crippen MR) is 80.9 cm³/mol. The van der Waals surface area contributed by atoms with Crippen molar-refractivity contribution in [3.05, 3.63) is 0 Å². The third kappa shape index (κ3) is 3.57. The monoisotopic (exact) mass is 318 g/mol. The topological polar surface area (TPSA) is 75.7 Å². The molecule has 0 saturated carbocycles. The van der Waals surface area contributed by atoms with Crippen LogP contribution < -0.4 is 5.32 Å². The Hall–Kier alpha value is -0.660. The number of sulfone groups is 1. The van der Waals surface area contributed by atoms with E-state index in [0.29, 0.717) is 26.1 Å². The lowest BCUT2D eigenvalue weighted by Gasteiger charge is -2.36. The Balaban J connectivity index is 2.17. The van der Waals surface area contributed by atoms with Gasteiger partial charge in [-0.05, 0) is 25.8 Å². The molecule has 6 nitrogen and oxygen atoms in total. The number of carbonyl (C=O) groups excluding carboxylic acids is 1. The molecule has 0 aromatic carbocycles. The van der Waals surface area contributed by atoms with Crippen LogP contribution in [0, 0.1) is 5.41 Å². The number of nitrogens with zero attached hydrogens (tertiary/aromatic N) is 1. The average molecular weight is 318 g/mol. The van der Waals surface area contributed by atoms with Gasteiger partial charge in [0.1, 0.15) is 0 Å². The Bertz CT molecular complexity index is 471. The van der Waals surface area contributed by atoms with Crippen molar-refractivity contribution >= 4 is 15.7 Å². The van der Waals surface area contributed by atoms with E-state index in [1.807, 2.05) is 6.92 Å². The number of hydrogen-bond donors (Lipinski definition) is 1. The second-order valence-corrected chi connectivity index (χ2v) is 8.34. The molecule has 0 aromatic rings. The van der Waals surface area contributed by atoms with Crippen molar-refractivity contribution in [2.75, 3.05) is 44.9 Å². The molecule has 0 spiro atoms. The highest BCUT2D eigenvalue weighted by Crippen LogP contribution is 2.33. The third-order valence-electron chi connectivity index (χ3n) is 4.82. The molecule has 2 unspecified atom stereocenters. The van der Waals surface area contributed by atoms with E-state index in [-0.39, 0.29) is 28.9 Å². The normalized spacial score (nSPS) is 31.4. The summed E-state index contributed by atoms with van der Waals surface area (Å²) in [5.41, 5.74) is -0.375. The molecule has 7 heteroatoms. The van der Waals surface area contributed by atoms with Gasteiger partial charge in [-0.25, -0.2) is 8.42 Å². The van der Waals surface area contributed by atoms with E-state index in [1.165, 1.54) is 0 Å². The molecule has 2 atom stereocenters. The van der Waals surface area contributed by atoms with E-state index < -0.39 is 9.84 Å². The lowest BCUT2D eigenvalue weighted by Crippen LogP contribution is -2.51. The van der Waals surface area contributed by atoms with Crippen LogP contribution in [-0.4, -0.2) is 70.1 Å². The number of amides is 1. The molecule has 0 aromatic heterocycles. The Morgan fingerprint density at radius 1 is 1.48 bits per heavy atom. The second kappa shape index (κ2) is 6.62. The smallest absolute Gasteiger partial charge is 0.230 e. The fraction of sp³-hybridized carbons (Fsp3) is 0.929. The van der Waals surface area contributed by atoms with Gasteiger partial charge in [-0.15, -0.1) is 0 Å². The highest BCUT2D eigenvalue weighted by atomic mass is 32.2. The third-order valence-corrected chi connectivity index (χ3v) is 6.57. The summed E-state index contributed by atoms with van der Waals surface area (Å²) in [7, 11) is -1.40. The van der Waals surface area contributed by atoms with Crippen molar-refractivity contribution in [1.29, 1.82) is 0 Å². The molecule has 2 saturated heterocycles. The van der Waals surface area contributed by atoms with Crippen LogP contribution in [0.15, 0.2) is 0 Å². The van der Waals surface area contributed by atoms with Gasteiger partial charge in [-0.3, -0.25) is 4.79 Å². The van der Waals surface area contributed by atoms with Crippen LogP contribution in [0.3, 0.4) is 0 Å². The zero-order valence-electron chi connectivity index (χ0n) is 12.9. The molecule has 1 N–H and O–H groups in total. The summed E-state index contributed by atoms with van der Waals surface area (Å²) in [5.74, 6) is 0.371. The minimum atomic E-state index is -3.00. The summed E-state index contributed by atoms with van der Waals surface area (Å²) in [5, 5.41) is 3.27. The number of rotatable bonds is 6. The van der Waals surface area contributed by atoms with E-state index >= 15 is 0 Å². The van der Waals surface area contributed by atoms with Crippen LogP contribution in [0.25, 0.3) is 0 Å². The second-order valence-electron chi connectivity index (χ2n) is 6.11. The maximum Gasteiger partial charge on any atom is 0.230 e. The maximum atomic E-state index is 13.0.